The first kappa shape index (κ1) is 22.1. The van der Waals surface area contributed by atoms with Crippen molar-refractivity contribution in [3.63, 3.8) is 0 Å². The lowest BCUT2D eigenvalue weighted by Gasteiger charge is -2.14. The number of rotatable bonds is 8. The van der Waals surface area contributed by atoms with Gasteiger partial charge in [0.25, 0.3) is 0 Å². The Bertz CT molecular complexity index is 869. The molecule has 29 heavy (non-hydrogen) atoms. The van der Waals surface area contributed by atoms with Crippen molar-refractivity contribution in [2.24, 2.45) is 5.16 Å². The van der Waals surface area contributed by atoms with Crippen molar-refractivity contribution in [2.75, 3.05) is 13.7 Å². The van der Waals surface area contributed by atoms with Gasteiger partial charge in [0.05, 0.1) is 0 Å². The topological polar surface area (TPSA) is 49.3 Å². The zero-order chi connectivity index (χ0) is 21.4. The second-order valence-corrected chi connectivity index (χ2v) is 6.08. The van der Waals surface area contributed by atoms with Crippen molar-refractivity contribution >= 4 is 5.71 Å². The highest BCUT2D eigenvalue weighted by molar-refractivity contribution is 6.04. The maximum atomic E-state index is 13.1. The van der Waals surface area contributed by atoms with E-state index in [-0.39, 0.29) is 11.3 Å². The van der Waals surface area contributed by atoms with E-state index >= 15 is 0 Å². The van der Waals surface area contributed by atoms with E-state index < -0.39 is 11.9 Å². The van der Waals surface area contributed by atoms with E-state index in [1.54, 1.807) is 12.1 Å². The highest BCUT2D eigenvalue weighted by Crippen LogP contribution is 2.30. The molecule has 0 spiro atoms. The van der Waals surface area contributed by atoms with Crippen LogP contribution in [0.1, 0.15) is 23.6 Å². The summed E-state index contributed by atoms with van der Waals surface area (Å²) in [4.78, 5) is 15.0. The second kappa shape index (κ2) is 9.86. The van der Waals surface area contributed by atoms with Gasteiger partial charge >= 0.3 is 6.18 Å². The molecule has 0 bridgehead atoms. The van der Waals surface area contributed by atoms with Crippen molar-refractivity contribution in [2.45, 2.75) is 26.9 Å². The van der Waals surface area contributed by atoms with E-state index in [4.69, 9.17) is 14.5 Å². The summed E-state index contributed by atoms with van der Waals surface area (Å²) in [6.45, 7) is 5.99. The Hall–Kier alpha value is -3.16. The fourth-order valence-corrected chi connectivity index (χ4v) is 2.51. The van der Waals surface area contributed by atoms with Crippen LogP contribution in [0.5, 0.6) is 17.2 Å². The van der Waals surface area contributed by atoms with Gasteiger partial charge in [-0.05, 0) is 45.0 Å². The molecule has 0 saturated heterocycles. The fraction of sp³-hybridized carbons (Fsp3) is 0.286. The van der Waals surface area contributed by atoms with Gasteiger partial charge in [0.2, 0.25) is 0 Å². The minimum atomic E-state index is -4.68. The standard InChI is InChI=1S/C21H22F3NO4/c1-5-6-10-27-18-11-14(2)19(15(3)12-18)29-28-17-9-7-8-16(13-17)20(25-26-4)21(22,23)24/h5-9,11-13H,10H2,1-4H3/b6-5+,25-20-. The molecule has 0 aromatic heterocycles. The number of oxime groups is 1. The van der Waals surface area contributed by atoms with Crippen LogP contribution in [0.25, 0.3) is 0 Å². The minimum absolute atomic E-state index is 0.0859. The molecule has 0 fully saturated rings. The van der Waals surface area contributed by atoms with Crippen LogP contribution in [0, 0.1) is 13.8 Å². The summed E-state index contributed by atoms with van der Waals surface area (Å²) < 4.78 is 45.0. The molecular weight excluding hydrogens is 387 g/mol. The lowest BCUT2D eigenvalue weighted by atomic mass is 10.1. The molecule has 0 N–H and O–H groups in total. The van der Waals surface area contributed by atoms with Crippen LogP contribution in [0.15, 0.2) is 53.7 Å². The molecule has 0 aliphatic heterocycles. The average Bonchev–Trinajstić information content (AvgIpc) is 2.65. The van der Waals surface area contributed by atoms with Crippen molar-refractivity contribution in [3.05, 3.63) is 65.2 Å². The van der Waals surface area contributed by atoms with Crippen LogP contribution in [-0.2, 0) is 4.84 Å². The molecule has 0 unspecified atom stereocenters. The van der Waals surface area contributed by atoms with Crippen LogP contribution in [0.2, 0.25) is 0 Å². The number of allylic oxidation sites excluding steroid dienone is 1. The van der Waals surface area contributed by atoms with Gasteiger partial charge in [-0.3, -0.25) is 9.78 Å². The van der Waals surface area contributed by atoms with Crippen LogP contribution in [-0.4, -0.2) is 25.6 Å². The first-order valence-electron chi connectivity index (χ1n) is 8.74. The monoisotopic (exact) mass is 409 g/mol. The summed E-state index contributed by atoms with van der Waals surface area (Å²) in [7, 11) is 1.05. The zero-order valence-electron chi connectivity index (χ0n) is 16.5. The Morgan fingerprint density at radius 3 is 2.31 bits per heavy atom. The van der Waals surface area contributed by atoms with Crippen molar-refractivity contribution in [1.29, 1.82) is 0 Å². The first-order chi connectivity index (χ1) is 13.8. The third-order valence-corrected chi connectivity index (χ3v) is 3.80. The zero-order valence-corrected chi connectivity index (χ0v) is 16.5. The first-order valence-corrected chi connectivity index (χ1v) is 8.74. The van der Waals surface area contributed by atoms with Gasteiger partial charge in [0.15, 0.2) is 17.2 Å². The van der Waals surface area contributed by atoms with Crippen molar-refractivity contribution in [3.8, 4) is 17.2 Å². The van der Waals surface area contributed by atoms with Crippen LogP contribution >= 0.6 is 0 Å². The highest BCUT2D eigenvalue weighted by Gasteiger charge is 2.38. The van der Waals surface area contributed by atoms with E-state index in [1.165, 1.54) is 24.3 Å². The predicted molar refractivity (Wildman–Crippen MR) is 104 cm³/mol. The Morgan fingerprint density at radius 1 is 1.03 bits per heavy atom. The maximum Gasteiger partial charge on any atom is 0.437 e. The number of nitrogens with zero attached hydrogens (tertiary/aromatic N) is 1. The van der Waals surface area contributed by atoms with E-state index in [2.05, 4.69) is 9.99 Å². The number of halogens is 3. The predicted octanol–water partition coefficient (Wildman–Crippen LogP) is 5.54. The summed E-state index contributed by atoms with van der Waals surface area (Å²) in [6, 6.07) is 8.89. The molecule has 0 heterocycles. The van der Waals surface area contributed by atoms with E-state index in [9.17, 15) is 13.2 Å². The number of aryl methyl sites for hydroxylation is 2. The summed E-state index contributed by atoms with van der Waals surface area (Å²) in [6.07, 6.45) is -0.903. The van der Waals surface area contributed by atoms with Crippen molar-refractivity contribution < 1.29 is 32.5 Å². The Balaban J connectivity index is 2.17. The van der Waals surface area contributed by atoms with E-state index in [1.807, 2.05) is 32.9 Å². The summed E-state index contributed by atoms with van der Waals surface area (Å²) in [5.41, 5.74) is 0.143. The number of ether oxygens (including phenoxy) is 1. The quantitative estimate of drug-likeness (QED) is 0.248. The van der Waals surface area contributed by atoms with E-state index in [0.717, 1.165) is 18.2 Å². The largest absolute Gasteiger partial charge is 0.490 e. The maximum absolute atomic E-state index is 13.1. The molecule has 0 atom stereocenters. The highest BCUT2D eigenvalue weighted by atomic mass is 19.4. The number of benzene rings is 2. The fourth-order valence-electron chi connectivity index (χ4n) is 2.51. The summed E-state index contributed by atoms with van der Waals surface area (Å²) >= 11 is 0. The molecule has 0 amide bonds. The van der Waals surface area contributed by atoms with Gasteiger partial charge in [0.1, 0.15) is 19.5 Å². The van der Waals surface area contributed by atoms with E-state index in [0.29, 0.717) is 18.1 Å². The molecular formula is C21H22F3NO4. The molecule has 0 aliphatic carbocycles. The Kier molecular flexibility index (Phi) is 7.52. The lowest BCUT2D eigenvalue weighted by Crippen LogP contribution is -2.24. The minimum Gasteiger partial charge on any atom is -0.490 e. The van der Waals surface area contributed by atoms with Crippen LogP contribution in [0.3, 0.4) is 0 Å². The summed E-state index contributed by atoms with van der Waals surface area (Å²) in [5, 5.41) is 3.07. The molecule has 156 valence electrons. The molecule has 2 aromatic carbocycles. The SMILES string of the molecule is C/C=C/COc1cc(C)c(OOc2cccc(/C(=N/OC)C(F)(F)F)c2)c(C)c1. The number of alkyl halides is 3. The van der Waals surface area contributed by atoms with Gasteiger partial charge in [-0.25, -0.2) is 0 Å². The Labute approximate surface area is 167 Å². The molecule has 2 aromatic rings. The Morgan fingerprint density at radius 2 is 1.72 bits per heavy atom. The second-order valence-electron chi connectivity index (χ2n) is 6.08. The molecule has 5 nitrogen and oxygen atoms in total. The van der Waals surface area contributed by atoms with Crippen LogP contribution in [0.4, 0.5) is 13.2 Å². The molecule has 0 aliphatic rings. The molecule has 8 heteroatoms. The third kappa shape index (κ3) is 6.17. The van der Waals surface area contributed by atoms with Gasteiger partial charge in [0, 0.05) is 16.7 Å². The molecule has 0 saturated carbocycles. The van der Waals surface area contributed by atoms with Gasteiger partial charge in [-0.2, -0.15) is 13.2 Å². The van der Waals surface area contributed by atoms with Crippen LogP contribution < -0.4 is 14.5 Å². The van der Waals surface area contributed by atoms with Gasteiger partial charge in [-0.1, -0.05) is 29.4 Å². The number of hydrogen-bond acceptors (Lipinski definition) is 5. The molecule has 2 rings (SSSR count). The molecule has 0 radical (unpaired) electrons. The van der Waals surface area contributed by atoms with Crippen molar-refractivity contribution in [1.82, 2.24) is 0 Å². The lowest BCUT2D eigenvalue weighted by molar-refractivity contribution is -0.101. The smallest absolute Gasteiger partial charge is 0.437 e. The summed E-state index contributed by atoms with van der Waals surface area (Å²) in [5.74, 6) is 1.22. The van der Waals surface area contributed by atoms with Gasteiger partial charge < -0.3 is 9.57 Å². The average molecular weight is 409 g/mol. The van der Waals surface area contributed by atoms with Gasteiger partial charge in [-0.15, -0.1) is 0 Å². The number of hydrogen-bond donors (Lipinski definition) is 0. The normalized spacial score (nSPS) is 12.2. The third-order valence-electron chi connectivity index (χ3n) is 3.80.